The second kappa shape index (κ2) is 9.04. The Balaban J connectivity index is 1.56. The molecule has 3 heterocycles. The Morgan fingerprint density at radius 1 is 0.886 bits per heavy atom. The van der Waals surface area contributed by atoms with Gasteiger partial charge in [0.15, 0.2) is 0 Å². The molecule has 6 rings (SSSR count). The van der Waals surface area contributed by atoms with E-state index < -0.39 is 6.04 Å². The third kappa shape index (κ3) is 4.08. The largest absolute Gasteiger partial charge is 0.247 e. The van der Waals surface area contributed by atoms with Crippen LogP contribution in [-0.4, -0.2) is 15.7 Å². The summed E-state index contributed by atoms with van der Waals surface area (Å²) in [6, 6.07) is 23.5. The Bertz CT molecular complexity index is 1550. The van der Waals surface area contributed by atoms with Crippen molar-refractivity contribution in [1.82, 2.24) is 9.97 Å². The molecule has 3 aromatic carbocycles. The van der Waals surface area contributed by atoms with Gasteiger partial charge < -0.3 is 0 Å². The lowest BCUT2D eigenvalue weighted by Crippen LogP contribution is -2.22. The molecule has 8 heteroatoms. The highest BCUT2D eigenvalue weighted by Gasteiger charge is 2.35. The van der Waals surface area contributed by atoms with E-state index in [9.17, 15) is 0 Å². The fourth-order valence-corrected chi connectivity index (χ4v) is 5.47. The molecular formula is C27H17Cl2FN4S. The van der Waals surface area contributed by atoms with E-state index in [0.717, 1.165) is 32.7 Å². The number of benzene rings is 3. The quantitative estimate of drug-likeness (QED) is 0.241. The van der Waals surface area contributed by atoms with Crippen molar-refractivity contribution in [3.05, 3.63) is 111 Å². The van der Waals surface area contributed by atoms with Crippen LogP contribution in [0.1, 0.15) is 22.9 Å². The predicted molar refractivity (Wildman–Crippen MR) is 142 cm³/mol. The topological polar surface area (TPSA) is 41.4 Å². The SMILES string of the molecule is Fc1cccc(Cl)c1[C@@H]1CC(c2cccs2)=NN1c1nc(-c2ccc(Cl)cc2)c2ccccc2n1. The fourth-order valence-electron chi connectivity index (χ4n) is 4.33. The number of anilines is 1. The van der Waals surface area contributed by atoms with Crippen LogP contribution in [0.3, 0.4) is 0 Å². The summed E-state index contributed by atoms with van der Waals surface area (Å²) in [6.07, 6.45) is 0.480. The van der Waals surface area contributed by atoms with E-state index in [1.54, 1.807) is 28.5 Å². The molecule has 35 heavy (non-hydrogen) atoms. The average molecular weight is 519 g/mol. The van der Waals surface area contributed by atoms with E-state index >= 15 is 4.39 Å². The van der Waals surface area contributed by atoms with Crippen molar-refractivity contribution in [2.75, 3.05) is 5.01 Å². The van der Waals surface area contributed by atoms with Crippen LogP contribution in [0.25, 0.3) is 22.2 Å². The van der Waals surface area contributed by atoms with Crippen LogP contribution in [0.2, 0.25) is 10.0 Å². The molecule has 0 aliphatic carbocycles. The lowest BCUT2D eigenvalue weighted by atomic mass is 10.0. The summed E-state index contributed by atoms with van der Waals surface area (Å²) in [5.74, 6) is -0.00151. The van der Waals surface area contributed by atoms with Gasteiger partial charge in [0.05, 0.1) is 27.8 Å². The maximum absolute atomic E-state index is 15.1. The van der Waals surface area contributed by atoms with Crippen LogP contribution < -0.4 is 5.01 Å². The van der Waals surface area contributed by atoms with Crippen molar-refractivity contribution < 1.29 is 4.39 Å². The predicted octanol–water partition coefficient (Wildman–Crippen LogP) is 8.16. The second-order valence-corrected chi connectivity index (χ2v) is 9.91. The molecule has 0 unspecified atom stereocenters. The minimum absolute atomic E-state index is 0.348. The molecule has 0 fully saturated rings. The summed E-state index contributed by atoms with van der Waals surface area (Å²) in [4.78, 5) is 10.8. The van der Waals surface area contributed by atoms with Crippen molar-refractivity contribution >= 4 is 57.1 Å². The number of rotatable bonds is 4. The number of para-hydroxylation sites is 1. The highest BCUT2D eigenvalue weighted by Crippen LogP contribution is 2.41. The van der Waals surface area contributed by atoms with E-state index in [0.29, 0.717) is 28.0 Å². The molecule has 1 atom stereocenters. The highest BCUT2D eigenvalue weighted by molar-refractivity contribution is 7.12. The van der Waals surface area contributed by atoms with Gasteiger partial charge in [-0.05, 0) is 41.8 Å². The molecule has 172 valence electrons. The van der Waals surface area contributed by atoms with Crippen LogP contribution in [-0.2, 0) is 0 Å². The van der Waals surface area contributed by atoms with Gasteiger partial charge in [0.2, 0.25) is 5.95 Å². The fraction of sp³-hybridized carbons (Fsp3) is 0.0741. The molecule has 0 amide bonds. The molecule has 5 aromatic rings. The summed E-state index contributed by atoms with van der Waals surface area (Å²) in [7, 11) is 0. The molecule has 1 aliphatic rings. The van der Waals surface area contributed by atoms with E-state index in [-0.39, 0.29) is 5.82 Å². The van der Waals surface area contributed by atoms with Gasteiger partial charge in [0.1, 0.15) is 5.82 Å². The minimum atomic E-state index is -0.486. The molecular weight excluding hydrogens is 502 g/mol. The molecule has 0 bridgehead atoms. The van der Waals surface area contributed by atoms with Gasteiger partial charge in [-0.25, -0.2) is 19.4 Å². The Hall–Kier alpha value is -3.32. The van der Waals surface area contributed by atoms with E-state index in [2.05, 4.69) is 0 Å². The molecule has 0 spiro atoms. The summed E-state index contributed by atoms with van der Waals surface area (Å²) in [5, 5.41) is 10.5. The Morgan fingerprint density at radius 2 is 1.71 bits per heavy atom. The third-order valence-corrected chi connectivity index (χ3v) is 7.46. The number of hydrogen-bond acceptors (Lipinski definition) is 5. The van der Waals surface area contributed by atoms with E-state index in [1.165, 1.54) is 6.07 Å². The normalized spacial score (nSPS) is 15.6. The third-order valence-electron chi connectivity index (χ3n) is 5.96. The van der Waals surface area contributed by atoms with Gasteiger partial charge in [0.25, 0.3) is 0 Å². The number of thiophene rings is 1. The maximum Gasteiger partial charge on any atom is 0.247 e. The van der Waals surface area contributed by atoms with Crippen LogP contribution in [0, 0.1) is 5.82 Å². The minimum Gasteiger partial charge on any atom is -0.223 e. The first-order valence-corrected chi connectivity index (χ1v) is 12.6. The van der Waals surface area contributed by atoms with Crippen molar-refractivity contribution in [3.8, 4) is 11.3 Å². The van der Waals surface area contributed by atoms with Crippen molar-refractivity contribution in [2.24, 2.45) is 5.10 Å². The van der Waals surface area contributed by atoms with Crippen LogP contribution in [0.4, 0.5) is 10.3 Å². The summed E-state index contributed by atoms with van der Waals surface area (Å²) in [5.41, 5.74) is 3.64. The van der Waals surface area contributed by atoms with Crippen molar-refractivity contribution in [2.45, 2.75) is 12.5 Å². The summed E-state index contributed by atoms with van der Waals surface area (Å²) in [6.45, 7) is 0. The molecule has 0 N–H and O–H groups in total. The number of hydrazone groups is 1. The average Bonchev–Trinajstić information content (AvgIpc) is 3.55. The number of fused-ring (bicyclic) bond motifs is 1. The van der Waals surface area contributed by atoms with Gasteiger partial charge in [-0.3, -0.25) is 0 Å². The number of aromatic nitrogens is 2. The van der Waals surface area contributed by atoms with Crippen molar-refractivity contribution in [1.29, 1.82) is 0 Å². The molecule has 1 aliphatic heterocycles. The Labute approximate surface area is 215 Å². The molecule has 0 saturated carbocycles. The summed E-state index contributed by atoms with van der Waals surface area (Å²) < 4.78 is 15.1. The van der Waals surface area contributed by atoms with Gasteiger partial charge in [-0.1, -0.05) is 65.7 Å². The van der Waals surface area contributed by atoms with E-state index in [4.69, 9.17) is 38.3 Å². The smallest absolute Gasteiger partial charge is 0.223 e. The summed E-state index contributed by atoms with van der Waals surface area (Å²) >= 11 is 14.2. The Morgan fingerprint density at radius 3 is 2.49 bits per heavy atom. The van der Waals surface area contributed by atoms with Crippen LogP contribution >= 0.6 is 34.5 Å². The number of halogens is 3. The Kier molecular flexibility index (Phi) is 5.72. The zero-order chi connectivity index (χ0) is 23.9. The zero-order valence-corrected chi connectivity index (χ0v) is 20.5. The van der Waals surface area contributed by atoms with Gasteiger partial charge >= 0.3 is 0 Å². The lowest BCUT2D eigenvalue weighted by Gasteiger charge is -2.24. The zero-order valence-electron chi connectivity index (χ0n) is 18.2. The van der Waals surface area contributed by atoms with Gasteiger partial charge in [-0.15, -0.1) is 11.3 Å². The number of hydrogen-bond donors (Lipinski definition) is 0. The first kappa shape index (κ1) is 22.2. The van der Waals surface area contributed by atoms with Crippen LogP contribution in [0.5, 0.6) is 0 Å². The first-order chi connectivity index (χ1) is 17.1. The van der Waals surface area contributed by atoms with Crippen LogP contribution in [0.15, 0.2) is 89.3 Å². The molecule has 0 saturated heterocycles. The maximum atomic E-state index is 15.1. The standard InChI is InChI=1S/C27H17Cl2FN4S/c28-17-12-10-16(11-13-17)26-18-5-1-2-8-21(18)31-27(32-26)34-23(25-19(29)6-3-7-20(25)30)15-22(33-34)24-9-4-14-35-24/h1-14,23H,15H2/t23-/m0/s1. The first-order valence-electron chi connectivity index (χ1n) is 11.0. The number of nitrogens with zero attached hydrogens (tertiary/aromatic N) is 4. The second-order valence-electron chi connectivity index (χ2n) is 8.12. The molecule has 4 nitrogen and oxygen atoms in total. The van der Waals surface area contributed by atoms with Gasteiger partial charge in [0, 0.05) is 33.0 Å². The van der Waals surface area contributed by atoms with Crippen molar-refractivity contribution in [3.63, 3.8) is 0 Å². The molecule has 2 aromatic heterocycles. The highest BCUT2D eigenvalue weighted by atomic mass is 35.5. The van der Waals surface area contributed by atoms with Gasteiger partial charge in [-0.2, -0.15) is 5.10 Å². The lowest BCUT2D eigenvalue weighted by molar-refractivity contribution is 0.576. The monoisotopic (exact) mass is 518 g/mol. The van der Waals surface area contributed by atoms with E-state index in [1.807, 2.05) is 66.0 Å². The molecule has 0 radical (unpaired) electrons.